The van der Waals surface area contributed by atoms with Crippen LogP contribution in [0.15, 0.2) is 48.0 Å². The van der Waals surface area contributed by atoms with E-state index in [1.165, 1.54) is 4.90 Å². The molecule has 1 fully saturated rings. The number of Topliss-reactive ketones (excluding diaryl/α,β-unsaturated/α-hetero) is 1. The number of hydrogen-bond donors (Lipinski definition) is 1. The smallest absolute Gasteiger partial charge is 0.350 e. The number of ether oxygens (including phenoxy) is 4. The highest BCUT2D eigenvalue weighted by Crippen LogP contribution is 2.45. The first-order valence-electron chi connectivity index (χ1n) is 12.9. The molecule has 2 aliphatic rings. The molecule has 11 heteroatoms. The number of anilines is 1. The molecule has 40 heavy (non-hydrogen) atoms. The summed E-state index contributed by atoms with van der Waals surface area (Å²) in [4.78, 5) is 45.4. The van der Waals surface area contributed by atoms with Crippen LogP contribution >= 0.6 is 11.3 Å². The largest absolute Gasteiger partial charge is 0.507 e. The first kappa shape index (κ1) is 27.2. The summed E-state index contributed by atoms with van der Waals surface area (Å²) in [5.41, 5.74) is 1.09. The van der Waals surface area contributed by atoms with Crippen molar-refractivity contribution in [2.24, 2.45) is 0 Å². The second-order valence-electron chi connectivity index (χ2n) is 9.08. The fourth-order valence-corrected chi connectivity index (χ4v) is 5.52. The monoisotopic (exact) mass is 564 g/mol. The summed E-state index contributed by atoms with van der Waals surface area (Å²) in [5.74, 6) is -1.11. The lowest BCUT2D eigenvalue weighted by Gasteiger charge is -2.23. The molecular weight excluding hydrogens is 536 g/mol. The Bertz CT molecular complexity index is 1490. The predicted octanol–water partition coefficient (Wildman–Crippen LogP) is 4.81. The Morgan fingerprint density at radius 2 is 1.82 bits per heavy atom. The van der Waals surface area contributed by atoms with Gasteiger partial charge < -0.3 is 24.1 Å². The topological polar surface area (TPSA) is 124 Å². The number of benzene rings is 2. The van der Waals surface area contributed by atoms with Crippen LogP contribution in [0.4, 0.5) is 5.13 Å². The van der Waals surface area contributed by atoms with Crippen LogP contribution in [0.25, 0.3) is 5.76 Å². The molecule has 1 atom stereocenters. The molecule has 3 aromatic rings. The van der Waals surface area contributed by atoms with E-state index in [9.17, 15) is 19.5 Å². The number of aliphatic hydroxyl groups is 1. The molecule has 1 amide bonds. The number of aromatic nitrogens is 1. The number of amides is 1. The summed E-state index contributed by atoms with van der Waals surface area (Å²) in [6.45, 7) is 6.80. The lowest BCUT2D eigenvalue weighted by Crippen LogP contribution is -2.29. The molecule has 2 aliphatic heterocycles. The van der Waals surface area contributed by atoms with Crippen LogP contribution < -0.4 is 19.1 Å². The minimum Gasteiger partial charge on any atom is -0.507 e. The molecule has 0 spiro atoms. The van der Waals surface area contributed by atoms with Gasteiger partial charge in [-0.15, -0.1) is 0 Å². The van der Waals surface area contributed by atoms with Crippen molar-refractivity contribution in [3.05, 3.63) is 69.7 Å². The van der Waals surface area contributed by atoms with Gasteiger partial charge in [0.2, 0.25) is 0 Å². The van der Waals surface area contributed by atoms with E-state index in [0.29, 0.717) is 48.3 Å². The molecule has 0 saturated carbocycles. The number of thiazole rings is 1. The van der Waals surface area contributed by atoms with E-state index >= 15 is 0 Å². The molecule has 1 aromatic heterocycles. The van der Waals surface area contributed by atoms with Crippen molar-refractivity contribution in [1.29, 1.82) is 0 Å². The molecule has 208 valence electrons. The van der Waals surface area contributed by atoms with Crippen molar-refractivity contribution < 1.29 is 38.4 Å². The van der Waals surface area contributed by atoms with Gasteiger partial charge in [0.25, 0.3) is 5.78 Å². The number of fused-ring (bicyclic) bond motifs is 1. The van der Waals surface area contributed by atoms with Gasteiger partial charge in [-0.3, -0.25) is 14.5 Å². The second-order valence-corrected chi connectivity index (χ2v) is 10.1. The maximum absolute atomic E-state index is 13.5. The zero-order chi connectivity index (χ0) is 28.4. The number of ketones is 1. The van der Waals surface area contributed by atoms with Gasteiger partial charge in [-0.2, -0.15) is 0 Å². The van der Waals surface area contributed by atoms with Gasteiger partial charge in [-0.1, -0.05) is 30.4 Å². The zero-order valence-corrected chi connectivity index (χ0v) is 23.1. The molecule has 1 N–H and O–H groups in total. The Labute approximate surface area is 234 Å². The van der Waals surface area contributed by atoms with Gasteiger partial charge in [0.15, 0.2) is 16.6 Å². The highest BCUT2D eigenvalue weighted by atomic mass is 32.1. The highest BCUT2D eigenvalue weighted by molar-refractivity contribution is 7.17. The van der Waals surface area contributed by atoms with E-state index < -0.39 is 23.7 Å². The standard InChI is InChI=1S/C29H28N2O8S/c1-4-12-37-19-9-6-17(7-10-19)23-22(24(32)18-8-11-20-21(15-18)39-14-13-38-20)25(33)27(34)31(23)29-30-16(3)26(40-29)28(35)36-5-2/h6-11,15,23,32H,4-5,12-14H2,1-3H3/b24-22+. The van der Waals surface area contributed by atoms with Gasteiger partial charge in [-0.05, 0) is 56.2 Å². The maximum atomic E-state index is 13.5. The average Bonchev–Trinajstić information content (AvgIpc) is 3.48. The van der Waals surface area contributed by atoms with Crippen molar-refractivity contribution in [1.82, 2.24) is 4.98 Å². The van der Waals surface area contributed by atoms with Gasteiger partial charge in [0, 0.05) is 5.56 Å². The number of esters is 1. The number of nitrogens with zero attached hydrogens (tertiary/aromatic N) is 2. The lowest BCUT2D eigenvalue weighted by atomic mass is 9.95. The molecule has 3 heterocycles. The van der Waals surface area contributed by atoms with Crippen LogP contribution in [0.5, 0.6) is 17.2 Å². The van der Waals surface area contributed by atoms with Gasteiger partial charge in [-0.25, -0.2) is 9.78 Å². The van der Waals surface area contributed by atoms with Gasteiger partial charge in [0.05, 0.1) is 30.5 Å². The van der Waals surface area contributed by atoms with Crippen LogP contribution in [0.3, 0.4) is 0 Å². The molecule has 5 rings (SSSR count). The third kappa shape index (κ3) is 5.00. The molecule has 0 aliphatic carbocycles. The Kier molecular flexibility index (Phi) is 7.74. The van der Waals surface area contributed by atoms with Gasteiger partial charge in [0.1, 0.15) is 29.6 Å². The van der Waals surface area contributed by atoms with E-state index in [2.05, 4.69) is 4.98 Å². The number of aryl methyl sites for hydroxylation is 1. The Morgan fingerprint density at radius 1 is 1.10 bits per heavy atom. The van der Waals surface area contributed by atoms with Crippen LogP contribution in [0.1, 0.15) is 52.8 Å². The van der Waals surface area contributed by atoms with Crippen molar-refractivity contribution in [3.8, 4) is 17.2 Å². The fraction of sp³-hybridized carbons (Fsp3) is 0.310. The number of aliphatic hydroxyl groups excluding tert-OH is 1. The fourth-order valence-electron chi connectivity index (χ4n) is 4.53. The predicted molar refractivity (Wildman–Crippen MR) is 147 cm³/mol. The summed E-state index contributed by atoms with van der Waals surface area (Å²) in [5, 5.41) is 11.6. The number of carbonyl (C=O) groups is 3. The molecule has 0 bridgehead atoms. The lowest BCUT2D eigenvalue weighted by molar-refractivity contribution is -0.132. The van der Waals surface area contributed by atoms with E-state index in [4.69, 9.17) is 18.9 Å². The maximum Gasteiger partial charge on any atom is 0.350 e. The van der Waals surface area contributed by atoms with Crippen molar-refractivity contribution in [2.45, 2.75) is 33.2 Å². The Balaban J connectivity index is 1.63. The third-order valence-corrected chi connectivity index (χ3v) is 7.52. The van der Waals surface area contributed by atoms with E-state index in [1.54, 1.807) is 56.3 Å². The number of rotatable bonds is 8. The Morgan fingerprint density at radius 3 is 2.52 bits per heavy atom. The molecular formula is C29H28N2O8S. The molecule has 2 aromatic carbocycles. The van der Waals surface area contributed by atoms with Crippen molar-refractivity contribution in [3.63, 3.8) is 0 Å². The SMILES string of the molecule is CCCOc1ccc(C2/C(=C(\O)c3ccc4c(c3)OCCO4)C(=O)C(=O)N2c2nc(C)c(C(=O)OCC)s2)cc1. The molecule has 0 radical (unpaired) electrons. The molecule has 1 saturated heterocycles. The first-order chi connectivity index (χ1) is 19.3. The zero-order valence-electron chi connectivity index (χ0n) is 22.3. The van der Waals surface area contributed by atoms with Crippen molar-refractivity contribution in [2.75, 3.05) is 31.3 Å². The van der Waals surface area contributed by atoms with E-state index in [1.807, 2.05) is 6.92 Å². The second kappa shape index (κ2) is 11.4. The van der Waals surface area contributed by atoms with Crippen molar-refractivity contribution >= 4 is 39.9 Å². The van der Waals surface area contributed by atoms with Crippen LogP contribution in [-0.4, -0.2) is 54.2 Å². The molecule has 1 unspecified atom stereocenters. The number of hydrogen-bond acceptors (Lipinski definition) is 10. The summed E-state index contributed by atoms with van der Waals surface area (Å²) in [6.07, 6.45) is 0.837. The summed E-state index contributed by atoms with van der Waals surface area (Å²) in [7, 11) is 0. The van der Waals surface area contributed by atoms with E-state index in [-0.39, 0.29) is 33.5 Å². The Hall–Kier alpha value is -4.38. The van der Waals surface area contributed by atoms with E-state index in [0.717, 1.165) is 17.8 Å². The first-order valence-corrected chi connectivity index (χ1v) is 13.7. The number of carbonyl (C=O) groups excluding carboxylic acids is 3. The van der Waals surface area contributed by atoms with Crippen LogP contribution in [0, 0.1) is 6.92 Å². The highest BCUT2D eigenvalue weighted by Gasteiger charge is 2.48. The minimum absolute atomic E-state index is 0.116. The average molecular weight is 565 g/mol. The van der Waals surface area contributed by atoms with Crippen LogP contribution in [0.2, 0.25) is 0 Å². The summed E-state index contributed by atoms with van der Waals surface area (Å²) >= 11 is 0.953. The molecule has 10 nitrogen and oxygen atoms in total. The minimum atomic E-state index is -1.02. The summed E-state index contributed by atoms with van der Waals surface area (Å²) < 4.78 is 22.0. The van der Waals surface area contributed by atoms with Crippen LogP contribution in [-0.2, 0) is 14.3 Å². The third-order valence-electron chi connectivity index (χ3n) is 6.38. The summed E-state index contributed by atoms with van der Waals surface area (Å²) in [6, 6.07) is 10.7. The van der Waals surface area contributed by atoms with Gasteiger partial charge >= 0.3 is 11.9 Å². The quantitative estimate of drug-likeness (QED) is 0.178. The normalized spacial score (nSPS) is 17.7.